The average molecular weight is 461 g/mol. The van der Waals surface area contributed by atoms with Crippen molar-refractivity contribution >= 4 is 44.5 Å². The standard InChI is InChI=1S/C19H17BrN4O3S/c1-26-14-8-11(12(20)9-15(14)27-2)17-21-13-7-5-4-6-10(13)16-18(25)22-19(28-3)23-24(16)17/h4-9,17H,1-3H3,(H,22,23,25)/t17-/m1/s1. The molecule has 2 aromatic carbocycles. The van der Waals surface area contributed by atoms with Crippen molar-refractivity contribution in [2.75, 3.05) is 20.5 Å². The van der Waals surface area contributed by atoms with Crippen molar-refractivity contribution in [2.24, 2.45) is 10.1 Å². The predicted molar refractivity (Wildman–Crippen MR) is 112 cm³/mol. The Morgan fingerprint density at radius 2 is 1.89 bits per heavy atom. The Kier molecular flexibility index (Phi) is 5.03. The quantitative estimate of drug-likeness (QED) is 0.757. The summed E-state index contributed by atoms with van der Waals surface area (Å²) in [6.07, 6.45) is 1.33. The maximum absolute atomic E-state index is 12.9. The number of amidine groups is 1. The minimum absolute atomic E-state index is 0.205. The molecule has 9 heteroatoms. The van der Waals surface area contributed by atoms with Crippen LogP contribution in [0.1, 0.15) is 11.7 Å². The average Bonchev–Trinajstić information content (AvgIpc) is 2.72. The summed E-state index contributed by atoms with van der Waals surface area (Å²) in [6, 6.07) is 11.2. The van der Waals surface area contributed by atoms with Gasteiger partial charge in [-0.3, -0.25) is 15.1 Å². The molecule has 0 aliphatic carbocycles. The van der Waals surface area contributed by atoms with E-state index in [1.165, 1.54) is 11.8 Å². The molecule has 0 saturated carbocycles. The SMILES string of the molecule is COc1cc(Br)c([C@@H]2N=c3ccccc3=C3C(=O)NC(SC)=NN32)cc1OC. The van der Waals surface area contributed by atoms with E-state index in [-0.39, 0.29) is 5.91 Å². The molecule has 2 aliphatic rings. The zero-order chi connectivity index (χ0) is 19.8. The van der Waals surface area contributed by atoms with E-state index in [1.54, 1.807) is 19.2 Å². The number of thioether (sulfide) groups is 1. The molecule has 1 amide bonds. The highest BCUT2D eigenvalue weighted by molar-refractivity contribution is 9.10. The van der Waals surface area contributed by atoms with Crippen LogP contribution in [0.15, 0.2) is 51.0 Å². The van der Waals surface area contributed by atoms with Gasteiger partial charge in [-0.1, -0.05) is 45.9 Å². The number of fused-ring (bicyclic) bond motifs is 2. The summed E-state index contributed by atoms with van der Waals surface area (Å²) >= 11 is 4.97. The van der Waals surface area contributed by atoms with Crippen molar-refractivity contribution in [2.45, 2.75) is 6.17 Å². The van der Waals surface area contributed by atoms with Crippen LogP contribution in [0.4, 0.5) is 0 Å². The number of carbonyl (C=O) groups excluding carboxylic acids is 1. The Morgan fingerprint density at radius 3 is 2.61 bits per heavy atom. The number of para-hydroxylation sites is 1. The Hall–Kier alpha value is -2.52. The molecule has 7 nitrogen and oxygen atoms in total. The van der Waals surface area contributed by atoms with Crippen molar-refractivity contribution in [1.29, 1.82) is 0 Å². The molecule has 2 heterocycles. The Balaban J connectivity index is 1.98. The summed E-state index contributed by atoms with van der Waals surface area (Å²) in [6.45, 7) is 0. The molecular weight excluding hydrogens is 444 g/mol. The summed E-state index contributed by atoms with van der Waals surface area (Å²) in [5, 5.41) is 11.1. The van der Waals surface area contributed by atoms with Crippen LogP contribution in [0.3, 0.4) is 0 Å². The van der Waals surface area contributed by atoms with Gasteiger partial charge in [0.1, 0.15) is 5.70 Å². The van der Waals surface area contributed by atoms with Crippen LogP contribution < -0.4 is 25.4 Å². The smallest absolute Gasteiger partial charge is 0.276 e. The summed E-state index contributed by atoms with van der Waals surface area (Å²) in [4.78, 5) is 17.7. The number of methoxy groups -OCH3 is 2. The Bertz CT molecular complexity index is 1120. The maximum Gasteiger partial charge on any atom is 0.276 e. The Labute approximate surface area is 174 Å². The minimum atomic E-state index is -0.535. The fourth-order valence-electron chi connectivity index (χ4n) is 3.19. The number of hydrogen-bond donors (Lipinski definition) is 1. The van der Waals surface area contributed by atoms with Crippen molar-refractivity contribution in [1.82, 2.24) is 10.3 Å². The molecule has 0 unspecified atom stereocenters. The first-order valence-corrected chi connectivity index (χ1v) is 10.4. The summed E-state index contributed by atoms with van der Waals surface area (Å²) in [5.74, 6) is 0.971. The largest absolute Gasteiger partial charge is 0.493 e. The topological polar surface area (TPSA) is 75.5 Å². The van der Waals surface area contributed by atoms with Crippen LogP contribution in [0.2, 0.25) is 0 Å². The van der Waals surface area contributed by atoms with E-state index in [1.807, 2.05) is 42.7 Å². The normalized spacial score (nSPS) is 17.8. The second-order valence-corrected chi connectivity index (χ2v) is 7.65. The van der Waals surface area contributed by atoms with E-state index in [9.17, 15) is 4.79 Å². The molecule has 0 radical (unpaired) electrons. The summed E-state index contributed by atoms with van der Waals surface area (Å²) in [7, 11) is 3.17. The van der Waals surface area contributed by atoms with E-state index in [0.29, 0.717) is 22.4 Å². The predicted octanol–water partition coefficient (Wildman–Crippen LogP) is 1.97. The molecule has 0 spiro atoms. The first kappa shape index (κ1) is 18.8. The molecule has 4 rings (SSSR count). The van der Waals surface area contributed by atoms with Gasteiger partial charge in [0.05, 0.1) is 19.6 Å². The zero-order valence-electron chi connectivity index (χ0n) is 15.4. The van der Waals surface area contributed by atoms with Crippen LogP contribution >= 0.6 is 27.7 Å². The number of ether oxygens (including phenoxy) is 2. The van der Waals surface area contributed by atoms with Crippen LogP contribution in [-0.4, -0.2) is 36.6 Å². The van der Waals surface area contributed by atoms with E-state index in [2.05, 4.69) is 26.3 Å². The van der Waals surface area contributed by atoms with Crippen LogP contribution in [0.5, 0.6) is 11.5 Å². The molecule has 0 saturated heterocycles. The van der Waals surface area contributed by atoms with E-state index in [0.717, 1.165) is 20.6 Å². The van der Waals surface area contributed by atoms with Gasteiger partial charge < -0.3 is 9.47 Å². The highest BCUT2D eigenvalue weighted by Crippen LogP contribution is 2.40. The van der Waals surface area contributed by atoms with Gasteiger partial charge in [-0.15, -0.1) is 5.10 Å². The highest BCUT2D eigenvalue weighted by atomic mass is 79.9. The number of hydrazone groups is 1. The third kappa shape index (κ3) is 3.04. The van der Waals surface area contributed by atoms with E-state index >= 15 is 0 Å². The third-order valence-electron chi connectivity index (χ3n) is 4.49. The molecule has 0 fully saturated rings. The fourth-order valence-corrected chi connectivity index (χ4v) is 4.08. The lowest BCUT2D eigenvalue weighted by Gasteiger charge is -2.34. The monoisotopic (exact) mass is 460 g/mol. The van der Waals surface area contributed by atoms with E-state index < -0.39 is 6.17 Å². The van der Waals surface area contributed by atoms with Gasteiger partial charge in [-0.05, 0) is 24.5 Å². The first-order valence-electron chi connectivity index (χ1n) is 8.39. The number of nitrogens with one attached hydrogen (secondary N) is 1. The Morgan fingerprint density at radius 1 is 1.18 bits per heavy atom. The lowest BCUT2D eigenvalue weighted by Crippen LogP contribution is -2.50. The number of halogens is 1. The lowest BCUT2D eigenvalue weighted by molar-refractivity contribution is -0.116. The van der Waals surface area contributed by atoms with Crippen LogP contribution in [0, 0.1) is 0 Å². The number of nitrogens with zero attached hydrogens (tertiary/aromatic N) is 3. The number of carbonyl (C=O) groups is 1. The van der Waals surface area contributed by atoms with Crippen molar-refractivity contribution in [3.8, 4) is 11.5 Å². The fraction of sp³-hybridized carbons (Fsp3) is 0.211. The number of amides is 1. The van der Waals surface area contributed by atoms with Gasteiger partial charge in [-0.2, -0.15) is 0 Å². The van der Waals surface area contributed by atoms with Crippen molar-refractivity contribution in [3.63, 3.8) is 0 Å². The van der Waals surface area contributed by atoms with Crippen LogP contribution in [-0.2, 0) is 4.79 Å². The minimum Gasteiger partial charge on any atom is -0.493 e. The number of rotatable bonds is 3. The first-order chi connectivity index (χ1) is 13.6. The second-order valence-electron chi connectivity index (χ2n) is 6.01. The molecule has 2 aliphatic heterocycles. The highest BCUT2D eigenvalue weighted by Gasteiger charge is 2.35. The molecule has 28 heavy (non-hydrogen) atoms. The second kappa shape index (κ2) is 7.48. The number of hydrogen-bond acceptors (Lipinski definition) is 7. The molecule has 0 bridgehead atoms. The molecule has 0 aromatic heterocycles. The molecule has 144 valence electrons. The maximum atomic E-state index is 12.9. The van der Waals surface area contributed by atoms with Gasteiger partial charge in [-0.25, -0.2) is 5.01 Å². The van der Waals surface area contributed by atoms with Crippen molar-refractivity contribution < 1.29 is 14.3 Å². The van der Waals surface area contributed by atoms with Crippen LogP contribution in [0.25, 0.3) is 5.70 Å². The van der Waals surface area contributed by atoms with E-state index in [4.69, 9.17) is 14.5 Å². The van der Waals surface area contributed by atoms with Crippen molar-refractivity contribution in [3.05, 3.63) is 57.0 Å². The van der Waals surface area contributed by atoms with Gasteiger partial charge in [0, 0.05) is 15.3 Å². The summed E-state index contributed by atoms with van der Waals surface area (Å²) < 4.78 is 11.6. The third-order valence-corrected chi connectivity index (χ3v) is 5.75. The van der Waals surface area contributed by atoms with Gasteiger partial charge >= 0.3 is 0 Å². The van der Waals surface area contributed by atoms with Gasteiger partial charge in [0.2, 0.25) is 0 Å². The van der Waals surface area contributed by atoms with Gasteiger partial charge in [0.25, 0.3) is 5.91 Å². The molecular formula is C19H17BrN4O3S. The summed E-state index contributed by atoms with van der Waals surface area (Å²) in [5.41, 5.74) is 1.28. The number of benzene rings is 2. The lowest BCUT2D eigenvalue weighted by atomic mass is 10.1. The van der Waals surface area contributed by atoms with Gasteiger partial charge in [0.15, 0.2) is 22.8 Å². The molecule has 2 aromatic rings. The molecule has 1 atom stereocenters. The molecule has 1 N–H and O–H groups in total. The zero-order valence-corrected chi connectivity index (χ0v) is 17.8.